The molecule has 100 valence electrons. The number of anilines is 2. The van der Waals surface area contributed by atoms with E-state index < -0.39 is 0 Å². The average Bonchev–Trinajstić information content (AvgIpc) is 2.89. The largest absolute Gasteiger partial charge is 0.491 e. The van der Waals surface area contributed by atoms with Crippen molar-refractivity contribution in [3.05, 3.63) is 18.2 Å². The quantitative estimate of drug-likeness (QED) is 0.776. The molecule has 3 nitrogen and oxygen atoms in total. The SMILES string of the molecule is CCCOc1cc(NCC2CCSC2)ccc1N. The van der Waals surface area contributed by atoms with Crippen LogP contribution in [0.4, 0.5) is 11.4 Å². The molecule has 1 aliphatic rings. The zero-order chi connectivity index (χ0) is 12.8. The van der Waals surface area contributed by atoms with E-state index in [4.69, 9.17) is 10.5 Å². The van der Waals surface area contributed by atoms with Crippen LogP contribution >= 0.6 is 11.8 Å². The summed E-state index contributed by atoms with van der Waals surface area (Å²) >= 11 is 2.05. The van der Waals surface area contributed by atoms with Crippen LogP contribution in [-0.2, 0) is 0 Å². The Bertz CT molecular complexity index is 378. The molecule has 18 heavy (non-hydrogen) atoms. The van der Waals surface area contributed by atoms with Crippen LogP contribution in [0.3, 0.4) is 0 Å². The van der Waals surface area contributed by atoms with Gasteiger partial charge in [0.25, 0.3) is 0 Å². The van der Waals surface area contributed by atoms with E-state index in [0.717, 1.165) is 30.3 Å². The monoisotopic (exact) mass is 266 g/mol. The zero-order valence-corrected chi connectivity index (χ0v) is 11.8. The molecule has 0 aromatic heterocycles. The maximum absolute atomic E-state index is 5.89. The van der Waals surface area contributed by atoms with Gasteiger partial charge in [-0.2, -0.15) is 11.8 Å². The third-order valence-corrected chi connectivity index (χ3v) is 4.33. The molecule has 1 aliphatic heterocycles. The van der Waals surface area contributed by atoms with E-state index in [1.165, 1.54) is 17.9 Å². The highest BCUT2D eigenvalue weighted by atomic mass is 32.2. The number of thioether (sulfide) groups is 1. The molecule has 0 amide bonds. The Hall–Kier alpha value is -1.03. The zero-order valence-electron chi connectivity index (χ0n) is 10.9. The minimum absolute atomic E-state index is 0.713. The number of nitrogens with one attached hydrogen (secondary N) is 1. The number of rotatable bonds is 6. The second-order valence-corrected chi connectivity index (χ2v) is 5.86. The summed E-state index contributed by atoms with van der Waals surface area (Å²) in [4.78, 5) is 0. The number of hydrogen-bond acceptors (Lipinski definition) is 4. The highest BCUT2D eigenvalue weighted by Crippen LogP contribution is 2.27. The third-order valence-electron chi connectivity index (χ3n) is 3.09. The first-order valence-electron chi connectivity index (χ1n) is 6.63. The molecule has 1 unspecified atom stereocenters. The molecule has 0 bridgehead atoms. The van der Waals surface area contributed by atoms with Crippen molar-refractivity contribution in [3.63, 3.8) is 0 Å². The molecule has 1 aromatic rings. The van der Waals surface area contributed by atoms with Crippen LogP contribution in [-0.4, -0.2) is 24.7 Å². The van der Waals surface area contributed by atoms with E-state index in [-0.39, 0.29) is 0 Å². The fraction of sp³-hybridized carbons (Fsp3) is 0.571. The molecule has 1 aromatic carbocycles. The van der Waals surface area contributed by atoms with Crippen molar-refractivity contribution in [2.45, 2.75) is 19.8 Å². The molecule has 0 saturated carbocycles. The fourth-order valence-electron chi connectivity index (χ4n) is 1.99. The third kappa shape index (κ3) is 3.73. The Balaban J connectivity index is 1.91. The molecule has 4 heteroatoms. The average molecular weight is 266 g/mol. The lowest BCUT2D eigenvalue weighted by Gasteiger charge is -2.14. The van der Waals surface area contributed by atoms with E-state index in [1.807, 2.05) is 30.0 Å². The van der Waals surface area contributed by atoms with Crippen LogP contribution in [0.5, 0.6) is 5.75 Å². The number of nitrogens with two attached hydrogens (primary N) is 1. The maximum atomic E-state index is 5.89. The first kappa shape index (κ1) is 13.4. The van der Waals surface area contributed by atoms with Crippen LogP contribution in [0.2, 0.25) is 0 Å². The second-order valence-electron chi connectivity index (χ2n) is 4.71. The summed E-state index contributed by atoms with van der Waals surface area (Å²) in [6.45, 7) is 3.85. The molecule has 2 rings (SSSR count). The van der Waals surface area contributed by atoms with E-state index in [1.54, 1.807) is 0 Å². The molecular weight excluding hydrogens is 244 g/mol. The van der Waals surface area contributed by atoms with Crippen LogP contribution in [0.15, 0.2) is 18.2 Å². The first-order valence-corrected chi connectivity index (χ1v) is 7.79. The summed E-state index contributed by atoms with van der Waals surface area (Å²) in [5.74, 6) is 4.18. The van der Waals surface area contributed by atoms with E-state index in [2.05, 4.69) is 12.2 Å². The summed E-state index contributed by atoms with van der Waals surface area (Å²) < 4.78 is 5.63. The number of nitrogen functional groups attached to an aromatic ring is 1. The normalized spacial score (nSPS) is 18.8. The van der Waals surface area contributed by atoms with Gasteiger partial charge in [0.05, 0.1) is 12.3 Å². The molecular formula is C14H22N2OS. The Morgan fingerprint density at radius 2 is 2.39 bits per heavy atom. The molecule has 0 aliphatic carbocycles. The Morgan fingerprint density at radius 3 is 3.11 bits per heavy atom. The summed E-state index contributed by atoms with van der Waals surface area (Å²) in [5.41, 5.74) is 7.71. The summed E-state index contributed by atoms with van der Waals surface area (Å²) in [6.07, 6.45) is 2.32. The van der Waals surface area contributed by atoms with Gasteiger partial charge in [0.2, 0.25) is 0 Å². The standard InChI is InChI=1S/C14H22N2OS/c1-2-6-17-14-8-12(3-4-13(14)15)16-9-11-5-7-18-10-11/h3-4,8,11,16H,2,5-7,9-10,15H2,1H3. The molecule has 1 saturated heterocycles. The Kier molecular flexibility index (Phi) is 5.05. The molecule has 1 heterocycles. The van der Waals surface area contributed by atoms with Crippen molar-refractivity contribution in [3.8, 4) is 5.75 Å². The predicted molar refractivity (Wildman–Crippen MR) is 80.6 cm³/mol. The van der Waals surface area contributed by atoms with Gasteiger partial charge in [-0.1, -0.05) is 6.92 Å². The van der Waals surface area contributed by atoms with Gasteiger partial charge in [0.15, 0.2) is 0 Å². The summed E-state index contributed by atoms with van der Waals surface area (Å²) in [6, 6.07) is 5.94. The smallest absolute Gasteiger partial charge is 0.144 e. The van der Waals surface area contributed by atoms with Gasteiger partial charge in [0.1, 0.15) is 5.75 Å². The van der Waals surface area contributed by atoms with Crippen molar-refractivity contribution >= 4 is 23.1 Å². The predicted octanol–water partition coefficient (Wildman–Crippen LogP) is 3.22. The van der Waals surface area contributed by atoms with Gasteiger partial charge in [-0.3, -0.25) is 0 Å². The summed E-state index contributed by atoms with van der Waals surface area (Å²) in [5, 5.41) is 3.48. The van der Waals surface area contributed by atoms with Gasteiger partial charge in [-0.25, -0.2) is 0 Å². The van der Waals surface area contributed by atoms with Crippen molar-refractivity contribution < 1.29 is 4.74 Å². The van der Waals surface area contributed by atoms with Crippen molar-refractivity contribution in [1.29, 1.82) is 0 Å². The van der Waals surface area contributed by atoms with Crippen LogP contribution in [0.1, 0.15) is 19.8 Å². The molecule has 0 spiro atoms. The first-order chi connectivity index (χ1) is 8.79. The summed E-state index contributed by atoms with van der Waals surface area (Å²) in [7, 11) is 0. The topological polar surface area (TPSA) is 47.3 Å². The van der Waals surface area contributed by atoms with Gasteiger partial charge < -0.3 is 15.8 Å². The molecule has 3 N–H and O–H groups in total. The minimum Gasteiger partial charge on any atom is -0.491 e. The van der Waals surface area contributed by atoms with Crippen molar-refractivity contribution in [2.24, 2.45) is 5.92 Å². The van der Waals surface area contributed by atoms with Gasteiger partial charge >= 0.3 is 0 Å². The molecule has 1 atom stereocenters. The van der Waals surface area contributed by atoms with E-state index in [0.29, 0.717) is 12.3 Å². The number of ether oxygens (including phenoxy) is 1. The highest BCUT2D eigenvalue weighted by molar-refractivity contribution is 7.99. The minimum atomic E-state index is 0.713. The van der Waals surface area contributed by atoms with Crippen LogP contribution in [0, 0.1) is 5.92 Å². The lowest BCUT2D eigenvalue weighted by molar-refractivity contribution is 0.319. The Labute approximate surface area is 113 Å². The highest BCUT2D eigenvalue weighted by Gasteiger charge is 2.15. The lowest BCUT2D eigenvalue weighted by atomic mass is 10.1. The fourth-order valence-corrected chi connectivity index (χ4v) is 3.27. The van der Waals surface area contributed by atoms with E-state index >= 15 is 0 Å². The van der Waals surface area contributed by atoms with Gasteiger partial charge in [-0.15, -0.1) is 0 Å². The second kappa shape index (κ2) is 6.78. The lowest BCUT2D eigenvalue weighted by Crippen LogP contribution is -2.13. The number of benzene rings is 1. The van der Waals surface area contributed by atoms with E-state index in [9.17, 15) is 0 Å². The molecule has 0 radical (unpaired) electrons. The van der Waals surface area contributed by atoms with Gasteiger partial charge in [0, 0.05) is 18.3 Å². The van der Waals surface area contributed by atoms with Crippen molar-refractivity contribution in [2.75, 3.05) is 35.7 Å². The van der Waals surface area contributed by atoms with Crippen LogP contribution in [0.25, 0.3) is 0 Å². The van der Waals surface area contributed by atoms with Gasteiger partial charge in [-0.05, 0) is 42.4 Å². The number of hydrogen-bond donors (Lipinski definition) is 2. The van der Waals surface area contributed by atoms with Crippen molar-refractivity contribution in [1.82, 2.24) is 0 Å². The molecule has 1 fully saturated rings. The Morgan fingerprint density at radius 1 is 1.50 bits per heavy atom. The maximum Gasteiger partial charge on any atom is 0.144 e. The van der Waals surface area contributed by atoms with Crippen LogP contribution < -0.4 is 15.8 Å².